The van der Waals surface area contributed by atoms with Crippen LogP contribution >= 0.6 is 0 Å². The molecule has 1 aromatic carbocycles. The van der Waals surface area contributed by atoms with Gasteiger partial charge < -0.3 is 20.5 Å². The lowest BCUT2D eigenvalue weighted by atomic mass is 9.89. The second kappa shape index (κ2) is 6.66. The van der Waals surface area contributed by atoms with Gasteiger partial charge in [-0.1, -0.05) is 13.8 Å². The molecule has 0 atom stereocenters. The summed E-state index contributed by atoms with van der Waals surface area (Å²) in [7, 11) is 3.29. The molecule has 0 heterocycles. The monoisotopic (exact) mass is 266 g/mol. The highest BCUT2D eigenvalue weighted by Gasteiger charge is 2.15. The second-order valence-electron chi connectivity index (χ2n) is 5.57. The van der Waals surface area contributed by atoms with E-state index in [4.69, 9.17) is 15.2 Å². The highest BCUT2D eigenvalue weighted by atomic mass is 16.5. The van der Waals surface area contributed by atoms with Crippen molar-refractivity contribution in [3.8, 4) is 11.5 Å². The van der Waals surface area contributed by atoms with Crippen molar-refractivity contribution < 1.29 is 9.47 Å². The minimum absolute atomic E-state index is 0.164. The molecule has 1 aromatic rings. The van der Waals surface area contributed by atoms with Crippen molar-refractivity contribution in [1.29, 1.82) is 0 Å². The van der Waals surface area contributed by atoms with Crippen LogP contribution in [0.4, 0.5) is 5.69 Å². The first-order valence-corrected chi connectivity index (χ1v) is 6.60. The van der Waals surface area contributed by atoms with Gasteiger partial charge in [0.05, 0.1) is 14.2 Å². The van der Waals surface area contributed by atoms with E-state index in [-0.39, 0.29) is 5.41 Å². The van der Waals surface area contributed by atoms with Crippen molar-refractivity contribution in [2.45, 2.75) is 27.2 Å². The number of ether oxygens (including phenoxy) is 2. The van der Waals surface area contributed by atoms with E-state index < -0.39 is 0 Å². The maximum absolute atomic E-state index is 5.73. The zero-order chi connectivity index (χ0) is 14.5. The van der Waals surface area contributed by atoms with Crippen LogP contribution in [0.3, 0.4) is 0 Å². The van der Waals surface area contributed by atoms with Crippen molar-refractivity contribution in [2.75, 3.05) is 32.6 Å². The molecule has 0 aromatic heterocycles. The van der Waals surface area contributed by atoms with Crippen LogP contribution in [-0.2, 0) is 0 Å². The van der Waals surface area contributed by atoms with Gasteiger partial charge in [0, 0.05) is 18.3 Å². The lowest BCUT2D eigenvalue weighted by Gasteiger charge is -2.23. The Kier molecular flexibility index (Phi) is 5.48. The maximum atomic E-state index is 5.73. The quantitative estimate of drug-likeness (QED) is 0.797. The topological polar surface area (TPSA) is 56.5 Å². The molecule has 0 bridgehead atoms. The standard InChI is InChI=1S/C15H26N2O2/c1-11-8-13(18-4)14(19-5)9-12(11)17-7-6-15(2,3)10-16/h8-9,17H,6-7,10,16H2,1-5H3. The summed E-state index contributed by atoms with van der Waals surface area (Å²) in [6.45, 7) is 7.99. The molecule has 4 nitrogen and oxygen atoms in total. The molecule has 0 aliphatic carbocycles. The first-order valence-electron chi connectivity index (χ1n) is 6.60. The number of hydrogen-bond donors (Lipinski definition) is 2. The van der Waals surface area contributed by atoms with Crippen LogP contribution in [-0.4, -0.2) is 27.3 Å². The Morgan fingerprint density at radius 3 is 2.26 bits per heavy atom. The molecule has 0 aliphatic rings. The number of nitrogens with two attached hydrogens (primary N) is 1. The average molecular weight is 266 g/mol. The van der Waals surface area contributed by atoms with Gasteiger partial charge in [-0.3, -0.25) is 0 Å². The normalized spacial score (nSPS) is 11.3. The van der Waals surface area contributed by atoms with E-state index in [1.54, 1.807) is 14.2 Å². The van der Waals surface area contributed by atoms with Crippen molar-refractivity contribution in [3.05, 3.63) is 17.7 Å². The van der Waals surface area contributed by atoms with Gasteiger partial charge in [0.2, 0.25) is 0 Å². The van der Waals surface area contributed by atoms with E-state index >= 15 is 0 Å². The van der Waals surface area contributed by atoms with E-state index in [0.717, 1.165) is 35.7 Å². The fourth-order valence-corrected chi connectivity index (χ4v) is 1.81. The Labute approximate surface area is 116 Å². The smallest absolute Gasteiger partial charge is 0.162 e. The molecule has 0 fully saturated rings. The number of hydrogen-bond acceptors (Lipinski definition) is 4. The van der Waals surface area contributed by atoms with Crippen molar-refractivity contribution in [3.63, 3.8) is 0 Å². The minimum atomic E-state index is 0.164. The van der Waals surface area contributed by atoms with Gasteiger partial charge in [0.1, 0.15) is 0 Å². The molecule has 0 saturated carbocycles. The average Bonchev–Trinajstić information content (AvgIpc) is 2.40. The fraction of sp³-hybridized carbons (Fsp3) is 0.600. The predicted octanol–water partition coefficient (Wildman–Crippen LogP) is 2.80. The van der Waals surface area contributed by atoms with Crippen molar-refractivity contribution in [2.24, 2.45) is 11.1 Å². The first kappa shape index (κ1) is 15.6. The van der Waals surface area contributed by atoms with Crippen LogP contribution in [0.25, 0.3) is 0 Å². The number of nitrogens with one attached hydrogen (secondary N) is 1. The number of rotatable bonds is 7. The summed E-state index contributed by atoms with van der Waals surface area (Å²) in [6.07, 6.45) is 1.03. The molecule has 19 heavy (non-hydrogen) atoms. The summed E-state index contributed by atoms with van der Waals surface area (Å²) in [6, 6.07) is 3.96. The van der Waals surface area contributed by atoms with Crippen LogP contribution in [0, 0.1) is 12.3 Å². The lowest BCUT2D eigenvalue weighted by molar-refractivity contribution is 0.354. The van der Waals surface area contributed by atoms with E-state index in [1.807, 2.05) is 12.1 Å². The number of anilines is 1. The van der Waals surface area contributed by atoms with Crippen LogP contribution in [0.2, 0.25) is 0 Å². The fourth-order valence-electron chi connectivity index (χ4n) is 1.81. The summed E-state index contributed by atoms with van der Waals surface area (Å²) in [4.78, 5) is 0. The first-order chi connectivity index (χ1) is 8.93. The van der Waals surface area contributed by atoms with Gasteiger partial charge in [-0.15, -0.1) is 0 Å². The third kappa shape index (κ3) is 4.31. The summed E-state index contributed by atoms with van der Waals surface area (Å²) in [5, 5.41) is 3.44. The Bertz CT molecular complexity index is 417. The number of methoxy groups -OCH3 is 2. The maximum Gasteiger partial charge on any atom is 0.162 e. The van der Waals surface area contributed by atoms with E-state index in [9.17, 15) is 0 Å². The van der Waals surface area contributed by atoms with Gasteiger partial charge in [0.25, 0.3) is 0 Å². The van der Waals surface area contributed by atoms with Crippen molar-refractivity contribution >= 4 is 5.69 Å². The van der Waals surface area contributed by atoms with Crippen LogP contribution < -0.4 is 20.5 Å². The lowest BCUT2D eigenvalue weighted by Crippen LogP contribution is -2.26. The molecule has 0 spiro atoms. The highest BCUT2D eigenvalue weighted by molar-refractivity contribution is 5.60. The number of benzene rings is 1. The Balaban J connectivity index is 2.73. The Hall–Kier alpha value is -1.42. The molecule has 0 aliphatic heterocycles. The second-order valence-corrected chi connectivity index (χ2v) is 5.57. The molecule has 4 heteroatoms. The summed E-state index contributed by atoms with van der Waals surface area (Å²) >= 11 is 0. The van der Waals surface area contributed by atoms with Gasteiger partial charge in [-0.25, -0.2) is 0 Å². The highest BCUT2D eigenvalue weighted by Crippen LogP contribution is 2.33. The zero-order valence-corrected chi connectivity index (χ0v) is 12.7. The van der Waals surface area contributed by atoms with Gasteiger partial charge in [-0.05, 0) is 36.9 Å². The van der Waals surface area contributed by atoms with Crippen LogP contribution in [0.5, 0.6) is 11.5 Å². The summed E-state index contributed by atoms with van der Waals surface area (Å²) < 4.78 is 10.6. The van der Waals surface area contributed by atoms with E-state index in [1.165, 1.54) is 0 Å². The van der Waals surface area contributed by atoms with Crippen LogP contribution in [0.1, 0.15) is 25.8 Å². The van der Waals surface area contributed by atoms with Gasteiger partial charge in [-0.2, -0.15) is 0 Å². The Morgan fingerprint density at radius 1 is 1.16 bits per heavy atom. The van der Waals surface area contributed by atoms with Gasteiger partial charge in [0.15, 0.2) is 11.5 Å². The summed E-state index contributed by atoms with van der Waals surface area (Å²) in [5.41, 5.74) is 8.12. The van der Waals surface area contributed by atoms with Gasteiger partial charge >= 0.3 is 0 Å². The van der Waals surface area contributed by atoms with E-state index in [2.05, 4.69) is 26.1 Å². The molecule has 0 amide bonds. The molecular formula is C15H26N2O2. The Morgan fingerprint density at radius 2 is 1.74 bits per heavy atom. The van der Waals surface area contributed by atoms with Crippen LogP contribution in [0.15, 0.2) is 12.1 Å². The predicted molar refractivity (Wildman–Crippen MR) is 80.2 cm³/mol. The molecule has 1 rings (SSSR count). The molecule has 3 N–H and O–H groups in total. The molecule has 108 valence electrons. The SMILES string of the molecule is COc1cc(C)c(NCCC(C)(C)CN)cc1OC. The molecule has 0 unspecified atom stereocenters. The largest absolute Gasteiger partial charge is 0.493 e. The molecular weight excluding hydrogens is 240 g/mol. The zero-order valence-electron chi connectivity index (χ0n) is 12.7. The third-order valence-corrected chi connectivity index (χ3v) is 3.40. The van der Waals surface area contributed by atoms with E-state index in [0.29, 0.717) is 6.54 Å². The van der Waals surface area contributed by atoms with Crippen molar-refractivity contribution in [1.82, 2.24) is 0 Å². The molecule has 0 saturated heterocycles. The number of aryl methyl sites for hydroxylation is 1. The minimum Gasteiger partial charge on any atom is -0.493 e. The molecule has 0 radical (unpaired) electrons. The third-order valence-electron chi connectivity index (χ3n) is 3.40. The summed E-state index contributed by atoms with van der Waals surface area (Å²) in [5.74, 6) is 1.50.